The molecule has 0 bridgehead atoms. The highest BCUT2D eigenvalue weighted by atomic mass is 32.2. The van der Waals surface area contributed by atoms with Gasteiger partial charge in [-0.05, 0) is 37.0 Å². The van der Waals surface area contributed by atoms with Crippen molar-refractivity contribution in [2.24, 2.45) is 0 Å². The Labute approximate surface area is 121 Å². The van der Waals surface area contributed by atoms with E-state index in [1.54, 1.807) is 0 Å². The van der Waals surface area contributed by atoms with E-state index in [1.807, 2.05) is 73.9 Å². The van der Waals surface area contributed by atoms with Crippen LogP contribution in [0.4, 0.5) is 0 Å². The number of hydrogen-bond donors (Lipinski definition) is 0. The van der Waals surface area contributed by atoms with E-state index in [0.717, 1.165) is 14.7 Å². The lowest BCUT2D eigenvalue weighted by Gasteiger charge is -2.05. The van der Waals surface area contributed by atoms with Crippen LogP contribution >= 0.6 is 11.8 Å². The van der Waals surface area contributed by atoms with Gasteiger partial charge in [0, 0.05) is 4.90 Å². The van der Waals surface area contributed by atoms with E-state index in [1.165, 1.54) is 17.3 Å². The van der Waals surface area contributed by atoms with E-state index in [0.29, 0.717) is 0 Å². The van der Waals surface area contributed by atoms with Gasteiger partial charge in [-0.3, -0.25) is 0 Å². The molecule has 0 amide bonds. The predicted molar refractivity (Wildman–Crippen MR) is 85.5 cm³/mol. The molecule has 0 spiro atoms. The fourth-order valence-electron chi connectivity index (χ4n) is 1.65. The fourth-order valence-corrected chi connectivity index (χ4v) is 3.66. The van der Waals surface area contributed by atoms with Crippen molar-refractivity contribution in [2.75, 3.05) is 6.26 Å². The molecule has 3 heteroatoms. The maximum absolute atomic E-state index is 12.5. The quantitative estimate of drug-likeness (QED) is 0.826. The Morgan fingerprint density at radius 1 is 1.05 bits per heavy atom. The summed E-state index contributed by atoms with van der Waals surface area (Å²) in [6, 6.07) is 17.8. The van der Waals surface area contributed by atoms with Gasteiger partial charge in [0.05, 0.1) is 15.0 Å². The highest BCUT2D eigenvalue weighted by Gasteiger charge is 2.09. The van der Waals surface area contributed by atoms with E-state index in [4.69, 9.17) is 0 Å². The third-order valence-corrected chi connectivity index (χ3v) is 5.36. The number of benzene rings is 2. The lowest BCUT2D eigenvalue weighted by molar-refractivity contribution is 0.688. The number of rotatable bonds is 4. The van der Waals surface area contributed by atoms with E-state index in [9.17, 15) is 4.21 Å². The molecule has 2 aromatic carbocycles. The van der Waals surface area contributed by atoms with Crippen LogP contribution in [0.2, 0.25) is 0 Å². The van der Waals surface area contributed by atoms with E-state index >= 15 is 0 Å². The van der Waals surface area contributed by atoms with Gasteiger partial charge in [0.15, 0.2) is 0 Å². The normalized spacial score (nSPS) is 13.3. The van der Waals surface area contributed by atoms with Crippen molar-refractivity contribution < 1.29 is 4.21 Å². The third kappa shape index (κ3) is 3.82. The summed E-state index contributed by atoms with van der Waals surface area (Å²) in [6.07, 6.45) is 3.95. The maximum Gasteiger partial charge on any atom is 0.0914 e. The van der Waals surface area contributed by atoms with Gasteiger partial charge in [-0.1, -0.05) is 48.0 Å². The van der Waals surface area contributed by atoms with Crippen LogP contribution in [0, 0.1) is 6.92 Å². The van der Waals surface area contributed by atoms with Crippen molar-refractivity contribution in [1.82, 2.24) is 0 Å². The number of aryl methyl sites for hydroxylation is 1. The van der Waals surface area contributed by atoms with Gasteiger partial charge in [-0.15, -0.1) is 11.8 Å². The largest absolute Gasteiger partial charge is 0.249 e. The number of hydrogen-bond acceptors (Lipinski definition) is 2. The summed E-state index contributed by atoms with van der Waals surface area (Å²) in [7, 11) is -1.11. The Kier molecular flexibility index (Phi) is 5.00. The molecule has 2 aromatic rings. The molecule has 1 atom stereocenters. The zero-order valence-electron chi connectivity index (χ0n) is 11.0. The van der Waals surface area contributed by atoms with Crippen molar-refractivity contribution in [1.29, 1.82) is 0 Å². The molecule has 0 aromatic heterocycles. The van der Waals surface area contributed by atoms with Gasteiger partial charge in [0.25, 0.3) is 0 Å². The minimum absolute atomic E-state index is 0.849. The third-order valence-electron chi connectivity index (χ3n) is 2.70. The van der Waals surface area contributed by atoms with E-state index < -0.39 is 10.8 Å². The highest BCUT2D eigenvalue weighted by molar-refractivity contribution is 8.16. The molecule has 0 aliphatic rings. The Bertz CT molecular complexity index is 586. The lowest BCUT2D eigenvalue weighted by atomic mass is 10.2. The Balaban J connectivity index is 2.29. The van der Waals surface area contributed by atoms with E-state index in [2.05, 4.69) is 0 Å². The van der Waals surface area contributed by atoms with Crippen LogP contribution < -0.4 is 0 Å². The average Bonchev–Trinajstić information content (AvgIpc) is 2.46. The molecular formula is C16H16OS2. The summed E-state index contributed by atoms with van der Waals surface area (Å²) in [4.78, 5) is 0.849. The first-order valence-electron chi connectivity index (χ1n) is 6.00. The molecular weight excluding hydrogens is 272 g/mol. The van der Waals surface area contributed by atoms with Gasteiger partial charge < -0.3 is 0 Å². The lowest BCUT2D eigenvalue weighted by Crippen LogP contribution is -1.93. The summed E-state index contributed by atoms with van der Waals surface area (Å²) < 4.78 is 13.4. The maximum atomic E-state index is 12.5. The Morgan fingerprint density at radius 2 is 1.68 bits per heavy atom. The minimum atomic E-state index is -1.11. The zero-order chi connectivity index (χ0) is 13.7. The molecule has 0 N–H and O–H groups in total. The molecule has 0 aliphatic heterocycles. The first-order chi connectivity index (χ1) is 9.20. The monoisotopic (exact) mass is 288 g/mol. The molecule has 0 heterocycles. The SMILES string of the molecule is CS/C(=C\c1ccccc1)S(=O)c1ccc(C)cc1. The van der Waals surface area contributed by atoms with Crippen molar-refractivity contribution in [3.05, 3.63) is 70.0 Å². The first kappa shape index (κ1) is 14.1. The molecule has 1 nitrogen and oxygen atoms in total. The number of thioether (sulfide) groups is 1. The molecule has 2 rings (SSSR count). The smallest absolute Gasteiger partial charge is 0.0914 e. The topological polar surface area (TPSA) is 17.1 Å². The van der Waals surface area contributed by atoms with Crippen molar-refractivity contribution in [3.63, 3.8) is 0 Å². The highest BCUT2D eigenvalue weighted by Crippen LogP contribution is 2.25. The van der Waals surface area contributed by atoms with Crippen LogP contribution in [0.1, 0.15) is 11.1 Å². The summed E-state index contributed by atoms with van der Waals surface area (Å²) >= 11 is 1.53. The van der Waals surface area contributed by atoms with Crippen LogP contribution in [0.25, 0.3) is 6.08 Å². The molecule has 0 radical (unpaired) electrons. The van der Waals surface area contributed by atoms with Gasteiger partial charge in [0.2, 0.25) is 0 Å². The second-order valence-corrected chi connectivity index (χ2v) is 6.72. The average molecular weight is 288 g/mol. The summed E-state index contributed by atoms with van der Waals surface area (Å²) in [5.41, 5.74) is 2.26. The molecule has 0 saturated heterocycles. The first-order valence-corrected chi connectivity index (χ1v) is 8.37. The van der Waals surface area contributed by atoms with Crippen LogP contribution in [0.15, 0.2) is 63.7 Å². The molecule has 0 saturated carbocycles. The van der Waals surface area contributed by atoms with Gasteiger partial charge in [0.1, 0.15) is 0 Å². The fraction of sp³-hybridized carbons (Fsp3) is 0.125. The Hall–Kier alpha value is -1.32. The van der Waals surface area contributed by atoms with E-state index in [-0.39, 0.29) is 0 Å². The Morgan fingerprint density at radius 3 is 2.26 bits per heavy atom. The van der Waals surface area contributed by atoms with Crippen LogP contribution in [-0.2, 0) is 10.8 Å². The standard InChI is InChI=1S/C16H16OS2/c1-13-8-10-15(11-9-13)19(17)16(18-2)12-14-6-4-3-5-7-14/h3-12H,1-2H3/b16-12+. The second-order valence-electron chi connectivity index (χ2n) is 4.16. The van der Waals surface area contributed by atoms with Crippen LogP contribution in [0.3, 0.4) is 0 Å². The van der Waals surface area contributed by atoms with Gasteiger partial charge in [-0.25, -0.2) is 4.21 Å². The van der Waals surface area contributed by atoms with Crippen molar-refractivity contribution in [3.8, 4) is 0 Å². The summed E-state index contributed by atoms with van der Waals surface area (Å²) in [5, 5.41) is 0. The minimum Gasteiger partial charge on any atom is -0.249 e. The molecule has 1 unspecified atom stereocenters. The van der Waals surface area contributed by atoms with Gasteiger partial charge >= 0.3 is 0 Å². The van der Waals surface area contributed by atoms with Crippen molar-refractivity contribution in [2.45, 2.75) is 11.8 Å². The molecule has 19 heavy (non-hydrogen) atoms. The van der Waals surface area contributed by atoms with Gasteiger partial charge in [-0.2, -0.15) is 0 Å². The zero-order valence-corrected chi connectivity index (χ0v) is 12.6. The summed E-state index contributed by atoms with van der Waals surface area (Å²) in [6.45, 7) is 2.03. The second kappa shape index (κ2) is 6.73. The molecule has 0 fully saturated rings. The summed E-state index contributed by atoms with van der Waals surface area (Å²) in [5.74, 6) is 0. The van der Waals surface area contributed by atoms with Crippen molar-refractivity contribution >= 4 is 28.6 Å². The molecule has 0 aliphatic carbocycles. The van der Waals surface area contributed by atoms with Crippen LogP contribution in [0.5, 0.6) is 0 Å². The predicted octanol–water partition coefficient (Wildman–Crippen LogP) is 4.46. The molecule has 98 valence electrons. The van der Waals surface area contributed by atoms with Crippen LogP contribution in [-0.4, -0.2) is 10.5 Å².